The predicted molar refractivity (Wildman–Crippen MR) is 85.3 cm³/mol. The van der Waals surface area contributed by atoms with Crippen molar-refractivity contribution in [3.8, 4) is 0 Å². The number of rotatable bonds is 7. The Morgan fingerprint density at radius 2 is 2.05 bits per heavy atom. The third-order valence-corrected chi connectivity index (χ3v) is 3.91. The average molecular weight is 302 g/mol. The van der Waals surface area contributed by atoms with Crippen molar-refractivity contribution in [1.82, 2.24) is 9.55 Å². The minimum Gasteiger partial charge on any atom is -0.480 e. The molecule has 2 aromatic rings. The van der Waals surface area contributed by atoms with Gasteiger partial charge in [-0.2, -0.15) is 0 Å². The second-order valence-corrected chi connectivity index (χ2v) is 5.52. The minimum absolute atomic E-state index is 0.0168. The van der Waals surface area contributed by atoms with E-state index in [1.807, 2.05) is 11.5 Å². The minimum atomic E-state index is -0.852. The van der Waals surface area contributed by atoms with Crippen molar-refractivity contribution in [2.45, 2.75) is 52.5 Å². The second kappa shape index (κ2) is 6.73. The largest absolute Gasteiger partial charge is 0.480 e. The Morgan fingerprint density at radius 1 is 1.32 bits per heavy atom. The lowest BCUT2D eigenvalue weighted by Crippen LogP contribution is -2.20. The van der Waals surface area contributed by atoms with Crippen molar-refractivity contribution < 1.29 is 14.7 Å². The van der Waals surface area contributed by atoms with Crippen molar-refractivity contribution in [3.63, 3.8) is 0 Å². The number of Topliss-reactive ketones (excluding diaryl/α,β-unsaturated/α-hetero) is 1. The number of imidazole rings is 1. The van der Waals surface area contributed by atoms with E-state index in [0.717, 1.165) is 30.6 Å². The normalized spacial score (nSPS) is 12.5. The van der Waals surface area contributed by atoms with Crippen molar-refractivity contribution in [1.29, 1.82) is 0 Å². The Hall–Kier alpha value is -2.17. The van der Waals surface area contributed by atoms with E-state index in [1.165, 1.54) is 6.92 Å². The molecule has 0 amide bonds. The molecule has 0 spiro atoms. The Bertz CT molecular complexity index is 703. The Balaban J connectivity index is 2.63. The highest BCUT2D eigenvalue weighted by molar-refractivity contribution is 5.97. The van der Waals surface area contributed by atoms with Crippen LogP contribution in [0.3, 0.4) is 0 Å². The van der Waals surface area contributed by atoms with Crippen LogP contribution in [0.1, 0.15) is 62.3 Å². The third-order valence-electron chi connectivity index (χ3n) is 3.91. The fourth-order valence-electron chi connectivity index (χ4n) is 2.69. The lowest BCUT2D eigenvalue weighted by molar-refractivity contribution is -0.140. The number of unbranched alkanes of at least 4 members (excludes halogenated alkanes) is 1. The number of aromatic nitrogens is 2. The molecule has 1 atom stereocenters. The van der Waals surface area contributed by atoms with Crippen LogP contribution in [0.2, 0.25) is 0 Å². The number of benzene rings is 1. The zero-order valence-corrected chi connectivity index (χ0v) is 13.3. The summed E-state index contributed by atoms with van der Waals surface area (Å²) in [5, 5.41) is 9.49. The summed E-state index contributed by atoms with van der Waals surface area (Å²) >= 11 is 0. The molecule has 0 aliphatic heterocycles. The first-order valence-electron chi connectivity index (χ1n) is 7.74. The molecule has 1 aromatic heterocycles. The van der Waals surface area contributed by atoms with E-state index in [2.05, 4.69) is 11.9 Å². The smallest absolute Gasteiger partial charge is 0.326 e. The Labute approximate surface area is 130 Å². The number of carboxylic acid groups (broad SMARTS) is 1. The summed E-state index contributed by atoms with van der Waals surface area (Å²) in [6, 6.07) is 4.67. The number of carbonyl (C=O) groups is 2. The maximum absolute atomic E-state index is 11.6. The summed E-state index contributed by atoms with van der Waals surface area (Å²) < 4.78 is 1.82. The summed E-state index contributed by atoms with van der Waals surface area (Å²) in [6.45, 7) is 5.47. The number of carboxylic acids is 1. The molecular formula is C17H22N2O3. The topological polar surface area (TPSA) is 72.2 Å². The maximum atomic E-state index is 11.6. The first kappa shape index (κ1) is 16.2. The van der Waals surface area contributed by atoms with Crippen LogP contribution in [0.4, 0.5) is 0 Å². The van der Waals surface area contributed by atoms with Crippen LogP contribution < -0.4 is 0 Å². The number of fused-ring (bicyclic) bond motifs is 1. The highest BCUT2D eigenvalue weighted by atomic mass is 16.4. The number of nitrogens with zero attached hydrogens (tertiary/aromatic N) is 2. The number of ketones is 1. The lowest BCUT2D eigenvalue weighted by Gasteiger charge is -2.16. The van der Waals surface area contributed by atoms with Crippen LogP contribution in [-0.4, -0.2) is 26.4 Å². The average Bonchev–Trinajstić information content (AvgIpc) is 2.83. The molecule has 5 nitrogen and oxygen atoms in total. The van der Waals surface area contributed by atoms with Gasteiger partial charge in [0.05, 0.1) is 11.0 Å². The second-order valence-electron chi connectivity index (χ2n) is 5.52. The first-order chi connectivity index (χ1) is 10.5. The van der Waals surface area contributed by atoms with E-state index < -0.39 is 12.0 Å². The van der Waals surface area contributed by atoms with Gasteiger partial charge in [-0.25, -0.2) is 9.78 Å². The van der Waals surface area contributed by atoms with Gasteiger partial charge in [-0.3, -0.25) is 4.79 Å². The summed E-state index contributed by atoms with van der Waals surface area (Å²) in [5.41, 5.74) is 2.08. The van der Waals surface area contributed by atoms with Gasteiger partial charge in [0.1, 0.15) is 11.9 Å². The summed E-state index contributed by atoms with van der Waals surface area (Å²) in [7, 11) is 0. The van der Waals surface area contributed by atoms with E-state index in [9.17, 15) is 14.7 Å². The molecule has 0 saturated heterocycles. The van der Waals surface area contributed by atoms with Gasteiger partial charge in [0.25, 0.3) is 0 Å². The van der Waals surface area contributed by atoms with Crippen molar-refractivity contribution in [2.24, 2.45) is 0 Å². The van der Waals surface area contributed by atoms with Crippen molar-refractivity contribution >= 4 is 22.8 Å². The standard InChI is InChI=1S/C17H22N2O3/c1-4-6-7-16-18-13-10-12(11(3)20)8-9-15(13)19(16)14(5-2)17(21)22/h8-10,14H,4-7H2,1-3H3,(H,21,22). The molecule has 0 aliphatic rings. The third kappa shape index (κ3) is 3.03. The monoisotopic (exact) mass is 302 g/mol. The fraction of sp³-hybridized carbons (Fsp3) is 0.471. The number of aliphatic carboxylic acids is 1. The summed E-state index contributed by atoms with van der Waals surface area (Å²) in [6.07, 6.45) is 3.21. The van der Waals surface area contributed by atoms with Gasteiger partial charge in [0, 0.05) is 12.0 Å². The Morgan fingerprint density at radius 3 is 2.59 bits per heavy atom. The zero-order valence-electron chi connectivity index (χ0n) is 13.3. The zero-order chi connectivity index (χ0) is 16.3. The molecule has 1 aromatic carbocycles. The molecule has 0 fully saturated rings. The van der Waals surface area contributed by atoms with Crippen molar-refractivity contribution in [2.75, 3.05) is 0 Å². The molecule has 5 heteroatoms. The van der Waals surface area contributed by atoms with E-state index >= 15 is 0 Å². The van der Waals surface area contributed by atoms with Gasteiger partial charge in [0.15, 0.2) is 5.78 Å². The van der Waals surface area contributed by atoms with E-state index in [4.69, 9.17) is 0 Å². The van der Waals surface area contributed by atoms with Gasteiger partial charge in [-0.1, -0.05) is 20.3 Å². The van der Waals surface area contributed by atoms with Gasteiger partial charge in [0.2, 0.25) is 0 Å². The molecule has 0 saturated carbocycles. The van der Waals surface area contributed by atoms with Gasteiger partial charge in [-0.05, 0) is 38.0 Å². The van der Waals surface area contributed by atoms with Crippen LogP contribution in [0.25, 0.3) is 11.0 Å². The van der Waals surface area contributed by atoms with Crippen LogP contribution in [0.15, 0.2) is 18.2 Å². The molecule has 0 aliphatic carbocycles. The SMILES string of the molecule is CCCCc1nc2cc(C(C)=O)ccc2n1C(CC)C(=O)O. The number of hydrogen-bond donors (Lipinski definition) is 1. The molecule has 2 rings (SSSR count). The number of carbonyl (C=O) groups excluding carboxylic acids is 1. The molecule has 1 N–H and O–H groups in total. The molecule has 22 heavy (non-hydrogen) atoms. The summed E-state index contributed by atoms with van der Waals surface area (Å²) in [5.74, 6) is -0.0844. The highest BCUT2D eigenvalue weighted by Gasteiger charge is 2.23. The van der Waals surface area contributed by atoms with Crippen LogP contribution >= 0.6 is 0 Å². The fourth-order valence-corrected chi connectivity index (χ4v) is 2.69. The van der Waals surface area contributed by atoms with Crippen molar-refractivity contribution in [3.05, 3.63) is 29.6 Å². The predicted octanol–water partition coefficient (Wildman–Crippen LogP) is 3.62. The quantitative estimate of drug-likeness (QED) is 0.793. The molecule has 118 valence electrons. The van der Waals surface area contributed by atoms with E-state index in [-0.39, 0.29) is 5.78 Å². The number of hydrogen-bond acceptors (Lipinski definition) is 3. The Kier molecular flexibility index (Phi) is 4.96. The maximum Gasteiger partial charge on any atom is 0.326 e. The molecular weight excluding hydrogens is 280 g/mol. The van der Waals surface area contributed by atoms with E-state index in [0.29, 0.717) is 17.5 Å². The lowest BCUT2D eigenvalue weighted by atomic mass is 10.1. The van der Waals surface area contributed by atoms with Gasteiger partial charge in [-0.15, -0.1) is 0 Å². The molecule has 0 radical (unpaired) electrons. The van der Waals surface area contributed by atoms with Crippen LogP contribution in [0, 0.1) is 0 Å². The van der Waals surface area contributed by atoms with E-state index in [1.54, 1.807) is 18.2 Å². The molecule has 1 unspecified atom stereocenters. The van der Waals surface area contributed by atoms with Gasteiger partial charge >= 0.3 is 5.97 Å². The van der Waals surface area contributed by atoms with Gasteiger partial charge < -0.3 is 9.67 Å². The molecule has 0 bridgehead atoms. The number of aryl methyl sites for hydroxylation is 1. The van der Waals surface area contributed by atoms with Crippen LogP contribution in [-0.2, 0) is 11.2 Å². The highest BCUT2D eigenvalue weighted by Crippen LogP contribution is 2.25. The molecule has 1 heterocycles. The first-order valence-corrected chi connectivity index (χ1v) is 7.74. The summed E-state index contributed by atoms with van der Waals surface area (Å²) in [4.78, 5) is 27.7. The van der Waals surface area contributed by atoms with Crippen LogP contribution in [0.5, 0.6) is 0 Å².